The minimum atomic E-state index is 0.647. The summed E-state index contributed by atoms with van der Waals surface area (Å²) in [6.45, 7) is 2.03. The Kier molecular flexibility index (Phi) is 4.07. The fraction of sp³-hybridized carbons (Fsp3) is 0.600. The van der Waals surface area contributed by atoms with Crippen molar-refractivity contribution >= 4 is 22.8 Å². The zero-order chi connectivity index (χ0) is 10.6. The number of rotatable bonds is 5. The molecule has 0 radical (unpaired) electrons. The van der Waals surface area contributed by atoms with E-state index in [4.69, 9.17) is 0 Å². The predicted octanol–water partition coefficient (Wildman–Crippen LogP) is 2.04. The molecule has 1 aromatic heterocycles. The summed E-state index contributed by atoms with van der Waals surface area (Å²) < 4.78 is 0. The molecule has 0 N–H and O–H groups in total. The van der Waals surface area contributed by atoms with E-state index in [1.54, 1.807) is 11.3 Å². The highest BCUT2D eigenvalue weighted by Crippen LogP contribution is 2.25. The van der Waals surface area contributed by atoms with E-state index < -0.39 is 0 Å². The molecular weight excluding hydrogens is 196 g/mol. The average molecular weight is 212 g/mol. The Hall–Kier alpha value is -0.900. The van der Waals surface area contributed by atoms with E-state index in [-0.39, 0.29) is 0 Å². The summed E-state index contributed by atoms with van der Waals surface area (Å²) in [6.07, 6.45) is 3.52. The van der Waals surface area contributed by atoms with E-state index in [0.29, 0.717) is 6.42 Å². The maximum atomic E-state index is 10.2. The molecular formula is C10H16N2OS. The molecule has 78 valence electrons. The normalized spacial score (nSPS) is 10.2. The minimum Gasteiger partial charge on any atom is -0.354 e. The van der Waals surface area contributed by atoms with Crippen molar-refractivity contribution in [3.05, 3.63) is 10.6 Å². The van der Waals surface area contributed by atoms with Crippen molar-refractivity contribution in [1.82, 2.24) is 4.98 Å². The average Bonchev–Trinajstić information content (AvgIpc) is 2.49. The number of carbonyl (C=O) groups excluding carboxylic acids is 1. The first-order valence-electron chi connectivity index (χ1n) is 4.72. The zero-order valence-electron chi connectivity index (χ0n) is 8.91. The number of nitrogens with zero attached hydrogens (tertiary/aromatic N) is 2. The van der Waals surface area contributed by atoms with Gasteiger partial charge in [-0.2, -0.15) is 0 Å². The van der Waals surface area contributed by atoms with Crippen LogP contribution in [-0.4, -0.2) is 25.4 Å². The molecule has 1 aromatic rings. The zero-order valence-corrected chi connectivity index (χ0v) is 9.73. The van der Waals surface area contributed by atoms with Crippen LogP contribution in [-0.2, 0) is 11.2 Å². The highest BCUT2D eigenvalue weighted by Gasteiger charge is 2.07. The van der Waals surface area contributed by atoms with Gasteiger partial charge in [-0.15, -0.1) is 11.3 Å². The van der Waals surface area contributed by atoms with E-state index in [0.717, 1.165) is 30.0 Å². The van der Waals surface area contributed by atoms with Crippen LogP contribution in [0.15, 0.2) is 0 Å². The number of aryl methyl sites for hydroxylation is 2. The van der Waals surface area contributed by atoms with Crippen LogP contribution >= 0.6 is 11.3 Å². The van der Waals surface area contributed by atoms with Crippen molar-refractivity contribution in [2.45, 2.75) is 26.2 Å². The predicted molar refractivity (Wildman–Crippen MR) is 60.2 cm³/mol. The summed E-state index contributed by atoms with van der Waals surface area (Å²) >= 11 is 1.72. The molecule has 0 spiro atoms. The topological polar surface area (TPSA) is 33.2 Å². The Labute approximate surface area is 88.8 Å². The van der Waals surface area contributed by atoms with Crippen LogP contribution < -0.4 is 4.90 Å². The van der Waals surface area contributed by atoms with Gasteiger partial charge in [-0.25, -0.2) is 4.98 Å². The van der Waals surface area contributed by atoms with Crippen molar-refractivity contribution < 1.29 is 4.79 Å². The molecule has 0 bridgehead atoms. The number of unbranched alkanes of at least 4 members (excludes halogenated alkanes) is 1. The molecule has 1 heterocycles. The summed E-state index contributed by atoms with van der Waals surface area (Å²) in [6, 6.07) is 0. The molecule has 0 atom stereocenters. The molecule has 3 nitrogen and oxygen atoms in total. The Bertz CT molecular complexity index is 307. The second kappa shape index (κ2) is 5.10. The minimum absolute atomic E-state index is 0.647. The van der Waals surface area contributed by atoms with Gasteiger partial charge in [0.25, 0.3) is 0 Å². The van der Waals surface area contributed by atoms with Gasteiger partial charge in [0, 0.05) is 25.4 Å². The Morgan fingerprint density at radius 2 is 2.21 bits per heavy atom. The lowest BCUT2D eigenvalue weighted by Gasteiger charge is -2.05. The van der Waals surface area contributed by atoms with Crippen LogP contribution in [0.25, 0.3) is 0 Å². The Morgan fingerprint density at radius 3 is 2.71 bits per heavy atom. The van der Waals surface area contributed by atoms with E-state index in [1.807, 2.05) is 25.9 Å². The SMILES string of the molecule is Cc1nc(N(C)C)sc1CCCC=O. The maximum Gasteiger partial charge on any atom is 0.185 e. The lowest BCUT2D eigenvalue weighted by atomic mass is 10.2. The van der Waals surface area contributed by atoms with Crippen LogP contribution in [0.5, 0.6) is 0 Å². The summed E-state index contributed by atoms with van der Waals surface area (Å²) in [5, 5.41) is 1.05. The van der Waals surface area contributed by atoms with Gasteiger partial charge >= 0.3 is 0 Å². The number of hydrogen-bond acceptors (Lipinski definition) is 4. The molecule has 0 saturated carbocycles. The Balaban J connectivity index is 2.62. The van der Waals surface area contributed by atoms with Gasteiger partial charge in [-0.3, -0.25) is 0 Å². The Morgan fingerprint density at radius 1 is 1.50 bits per heavy atom. The molecule has 0 aliphatic carbocycles. The summed E-state index contributed by atoms with van der Waals surface area (Å²) in [5.74, 6) is 0. The van der Waals surface area contributed by atoms with Crippen molar-refractivity contribution in [2.24, 2.45) is 0 Å². The molecule has 0 amide bonds. The molecule has 0 aromatic carbocycles. The van der Waals surface area contributed by atoms with Crippen molar-refractivity contribution in [3.63, 3.8) is 0 Å². The first-order valence-corrected chi connectivity index (χ1v) is 5.54. The monoisotopic (exact) mass is 212 g/mol. The van der Waals surface area contributed by atoms with E-state index in [9.17, 15) is 4.79 Å². The van der Waals surface area contributed by atoms with Gasteiger partial charge in [-0.1, -0.05) is 0 Å². The van der Waals surface area contributed by atoms with E-state index in [2.05, 4.69) is 4.98 Å². The van der Waals surface area contributed by atoms with Gasteiger partial charge < -0.3 is 9.69 Å². The van der Waals surface area contributed by atoms with Crippen LogP contribution in [0.2, 0.25) is 0 Å². The van der Waals surface area contributed by atoms with Crippen LogP contribution in [0.1, 0.15) is 23.4 Å². The number of aldehydes is 1. The van der Waals surface area contributed by atoms with Gasteiger partial charge in [0.15, 0.2) is 5.13 Å². The first-order chi connectivity index (χ1) is 6.65. The molecule has 14 heavy (non-hydrogen) atoms. The lowest BCUT2D eigenvalue weighted by molar-refractivity contribution is -0.107. The number of anilines is 1. The fourth-order valence-corrected chi connectivity index (χ4v) is 2.21. The quantitative estimate of drug-likeness (QED) is 0.553. The number of carbonyl (C=O) groups is 1. The number of aromatic nitrogens is 1. The highest BCUT2D eigenvalue weighted by atomic mass is 32.1. The van der Waals surface area contributed by atoms with Crippen LogP contribution in [0, 0.1) is 6.92 Å². The summed E-state index contributed by atoms with van der Waals surface area (Å²) in [5.41, 5.74) is 1.10. The second-order valence-corrected chi connectivity index (χ2v) is 4.52. The van der Waals surface area contributed by atoms with Crippen molar-refractivity contribution in [3.8, 4) is 0 Å². The summed E-state index contributed by atoms with van der Waals surface area (Å²) in [4.78, 5) is 17.9. The molecule has 0 unspecified atom stereocenters. The molecule has 0 saturated heterocycles. The number of thiazole rings is 1. The van der Waals surface area contributed by atoms with Crippen LogP contribution in [0.4, 0.5) is 5.13 Å². The third kappa shape index (κ3) is 2.80. The van der Waals surface area contributed by atoms with Crippen LogP contribution in [0.3, 0.4) is 0 Å². The molecule has 0 aliphatic heterocycles. The molecule has 0 fully saturated rings. The molecule has 1 rings (SSSR count). The largest absolute Gasteiger partial charge is 0.354 e. The van der Waals surface area contributed by atoms with Gasteiger partial charge in [-0.05, 0) is 19.8 Å². The summed E-state index contributed by atoms with van der Waals surface area (Å²) in [7, 11) is 3.99. The highest BCUT2D eigenvalue weighted by molar-refractivity contribution is 7.15. The van der Waals surface area contributed by atoms with Crippen molar-refractivity contribution in [1.29, 1.82) is 0 Å². The number of hydrogen-bond donors (Lipinski definition) is 0. The first kappa shape index (κ1) is 11.2. The fourth-order valence-electron chi connectivity index (χ4n) is 1.18. The molecule has 0 aliphatic rings. The standard InChI is InChI=1S/C10H16N2OS/c1-8-9(6-4-5-7-13)14-10(11-8)12(2)3/h7H,4-6H2,1-3H3. The maximum absolute atomic E-state index is 10.2. The van der Waals surface area contributed by atoms with E-state index >= 15 is 0 Å². The van der Waals surface area contributed by atoms with Gasteiger partial charge in [0.1, 0.15) is 6.29 Å². The van der Waals surface area contributed by atoms with E-state index in [1.165, 1.54) is 4.88 Å². The lowest BCUT2D eigenvalue weighted by Crippen LogP contribution is -2.07. The smallest absolute Gasteiger partial charge is 0.185 e. The van der Waals surface area contributed by atoms with Crippen molar-refractivity contribution in [2.75, 3.05) is 19.0 Å². The molecule has 4 heteroatoms. The third-order valence-corrected chi connectivity index (χ3v) is 3.37. The second-order valence-electron chi connectivity index (χ2n) is 3.46. The van der Waals surface area contributed by atoms with Gasteiger partial charge in [0.05, 0.1) is 5.69 Å². The van der Waals surface area contributed by atoms with Gasteiger partial charge in [0.2, 0.25) is 0 Å². The third-order valence-electron chi connectivity index (χ3n) is 1.99.